The topological polar surface area (TPSA) is 33.5 Å². The number of hydrogen-bond donors (Lipinski definition) is 2. The lowest BCUT2D eigenvalue weighted by atomic mass is 10.2. The van der Waals surface area contributed by atoms with Crippen molar-refractivity contribution in [3.63, 3.8) is 0 Å². The second-order valence-electron chi connectivity index (χ2n) is 5.09. The molecule has 0 saturated carbocycles. The minimum absolute atomic E-state index is 0.144. The van der Waals surface area contributed by atoms with Gasteiger partial charge in [-0.3, -0.25) is 4.79 Å². The van der Waals surface area contributed by atoms with Gasteiger partial charge in [0.1, 0.15) is 6.54 Å². The average Bonchev–Trinajstić information content (AvgIpc) is 2.43. The van der Waals surface area contributed by atoms with E-state index in [1.165, 1.54) is 0 Å². The normalized spacial score (nSPS) is 12.0. The average molecular weight is 359 g/mol. The molecular formula is C16H16Cl3N2O+. The predicted molar refractivity (Wildman–Crippen MR) is 92.0 cm³/mol. The summed E-state index contributed by atoms with van der Waals surface area (Å²) in [7, 11) is 1.94. The zero-order valence-electron chi connectivity index (χ0n) is 12.0. The molecule has 6 heteroatoms. The van der Waals surface area contributed by atoms with E-state index in [1.54, 1.807) is 18.2 Å². The standard InChI is InChI=1S/C16H15Cl3N2O/c1-21(9-11-4-2-5-12(17)8-11)10-15(22)20-16-13(18)6-3-7-14(16)19/h2-8H,9-10H2,1H3,(H,20,22)/p+1. The van der Waals surface area contributed by atoms with Gasteiger partial charge in [0.15, 0.2) is 6.54 Å². The molecule has 1 unspecified atom stereocenters. The van der Waals surface area contributed by atoms with Gasteiger partial charge in [0, 0.05) is 10.6 Å². The summed E-state index contributed by atoms with van der Waals surface area (Å²) < 4.78 is 0. The summed E-state index contributed by atoms with van der Waals surface area (Å²) in [4.78, 5) is 13.1. The van der Waals surface area contributed by atoms with Crippen LogP contribution in [0.5, 0.6) is 0 Å². The van der Waals surface area contributed by atoms with Crippen molar-refractivity contribution < 1.29 is 9.69 Å². The SMILES string of the molecule is C[NH+](CC(=O)Nc1c(Cl)cccc1Cl)Cc1cccc(Cl)c1. The Balaban J connectivity index is 1.94. The van der Waals surface area contributed by atoms with Crippen LogP contribution in [-0.4, -0.2) is 19.5 Å². The van der Waals surface area contributed by atoms with E-state index in [0.717, 1.165) is 10.5 Å². The Labute approximate surface area is 144 Å². The zero-order chi connectivity index (χ0) is 16.1. The monoisotopic (exact) mass is 357 g/mol. The Bertz CT molecular complexity index is 656. The van der Waals surface area contributed by atoms with E-state index in [1.807, 2.05) is 31.3 Å². The van der Waals surface area contributed by atoms with Crippen LogP contribution in [0.2, 0.25) is 15.1 Å². The number of likely N-dealkylation sites (N-methyl/N-ethyl adjacent to an activating group) is 1. The van der Waals surface area contributed by atoms with Gasteiger partial charge in [-0.05, 0) is 24.3 Å². The molecule has 2 N–H and O–H groups in total. The van der Waals surface area contributed by atoms with Crippen molar-refractivity contribution >= 4 is 46.4 Å². The summed E-state index contributed by atoms with van der Waals surface area (Å²) in [6.45, 7) is 0.998. The van der Waals surface area contributed by atoms with E-state index in [4.69, 9.17) is 34.8 Å². The molecule has 2 rings (SSSR count). The van der Waals surface area contributed by atoms with E-state index in [9.17, 15) is 4.79 Å². The maximum Gasteiger partial charge on any atom is 0.279 e. The van der Waals surface area contributed by atoms with Crippen LogP contribution in [0, 0.1) is 0 Å². The Morgan fingerprint density at radius 1 is 1.09 bits per heavy atom. The Hall–Kier alpha value is -1.26. The lowest BCUT2D eigenvalue weighted by molar-refractivity contribution is -0.885. The molecule has 0 bridgehead atoms. The second-order valence-corrected chi connectivity index (χ2v) is 6.34. The third kappa shape index (κ3) is 4.89. The molecule has 2 aromatic carbocycles. The number of quaternary nitrogens is 1. The highest BCUT2D eigenvalue weighted by molar-refractivity contribution is 6.39. The van der Waals surface area contributed by atoms with Crippen molar-refractivity contribution in [2.24, 2.45) is 0 Å². The number of carbonyl (C=O) groups is 1. The highest BCUT2D eigenvalue weighted by Gasteiger charge is 2.14. The molecule has 0 radical (unpaired) electrons. The largest absolute Gasteiger partial charge is 0.326 e. The Morgan fingerprint density at radius 2 is 1.73 bits per heavy atom. The third-order valence-corrected chi connectivity index (χ3v) is 3.95. The fourth-order valence-electron chi connectivity index (χ4n) is 2.13. The number of para-hydroxylation sites is 1. The highest BCUT2D eigenvalue weighted by Crippen LogP contribution is 2.29. The Morgan fingerprint density at radius 3 is 2.36 bits per heavy atom. The van der Waals surface area contributed by atoms with E-state index < -0.39 is 0 Å². The van der Waals surface area contributed by atoms with Crippen molar-refractivity contribution in [3.8, 4) is 0 Å². The maximum absolute atomic E-state index is 12.1. The quantitative estimate of drug-likeness (QED) is 0.845. The summed E-state index contributed by atoms with van der Waals surface area (Å²) in [6.07, 6.45) is 0. The Kier molecular flexibility index (Phi) is 6.09. The van der Waals surface area contributed by atoms with Crippen molar-refractivity contribution in [1.29, 1.82) is 0 Å². The summed E-state index contributed by atoms with van der Waals surface area (Å²) in [5.74, 6) is -0.144. The smallest absolute Gasteiger partial charge is 0.279 e. The van der Waals surface area contributed by atoms with Crippen LogP contribution in [0.1, 0.15) is 5.56 Å². The fraction of sp³-hybridized carbons (Fsp3) is 0.188. The highest BCUT2D eigenvalue weighted by atomic mass is 35.5. The molecule has 0 aromatic heterocycles. The number of halogens is 3. The van der Waals surface area contributed by atoms with Crippen molar-refractivity contribution in [3.05, 3.63) is 63.1 Å². The summed E-state index contributed by atoms with van der Waals surface area (Å²) in [5, 5.41) is 4.30. The maximum atomic E-state index is 12.1. The molecule has 1 atom stereocenters. The summed E-state index contributed by atoms with van der Waals surface area (Å²) in [6, 6.07) is 12.7. The van der Waals surface area contributed by atoms with E-state index >= 15 is 0 Å². The molecule has 0 aliphatic heterocycles. The number of benzene rings is 2. The van der Waals surface area contributed by atoms with Gasteiger partial charge in [-0.15, -0.1) is 0 Å². The van der Waals surface area contributed by atoms with Gasteiger partial charge in [0.05, 0.1) is 22.8 Å². The van der Waals surface area contributed by atoms with Crippen LogP contribution in [0.25, 0.3) is 0 Å². The molecule has 2 aromatic rings. The minimum atomic E-state index is -0.144. The van der Waals surface area contributed by atoms with Gasteiger partial charge in [0.25, 0.3) is 5.91 Å². The first-order chi connectivity index (χ1) is 10.5. The molecule has 0 saturated heterocycles. The molecule has 0 spiro atoms. The molecule has 0 heterocycles. The minimum Gasteiger partial charge on any atom is -0.326 e. The van der Waals surface area contributed by atoms with Crippen LogP contribution >= 0.6 is 34.8 Å². The molecule has 22 heavy (non-hydrogen) atoms. The second kappa shape index (κ2) is 7.84. The zero-order valence-corrected chi connectivity index (χ0v) is 14.3. The molecule has 116 valence electrons. The third-order valence-electron chi connectivity index (χ3n) is 3.08. The fourth-order valence-corrected chi connectivity index (χ4v) is 2.84. The van der Waals surface area contributed by atoms with E-state index in [0.29, 0.717) is 33.8 Å². The van der Waals surface area contributed by atoms with Gasteiger partial charge >= 0.3 is 0 Å². The number of nitrogens with one attached hydrogen (secondary N) is 2. The van der Waals surface area contributed by atoms with Gasteiger partial charge in [-0.2, -0.15) is 0 Å². The molecule has 0 aliphatic carbocycles. The molecule has 0 aliphatic rings. The van der Waals surface area contributed by atoms with Gasteiger partial charge in [-0.1, -0.05) is 53.0 Å². The number of hydrogen-bond acceptors (Lipinski definition) is 1. The van der Waals surface area contributed by atoms with Gasteiger partial charge < -0.3 is 10.2 Å². The number of anilines is 1. The number of amides is 1. The van der Waals surface area contributed by atoms with Crippen LogP contribution in [-0.2, 0) is 11.3 Å². The van der Waals surface area contributed by atoms with Crippen LogP contribution < -0.4 is 10.2 Å². The first-order valence-electron chi connectivity index (χ1n) is 6.75. The first kappa shape index (κ1) is 17.1. The van der Waals surface area contributed by atoms with Crippen molar-refractivity contribution in [1.82, 2.24) is 0 Å². The van der Waals surface area contributed by atoms with Crippen molar-refractivity contribution in [2.75, 3.05) is 18.9 Å². The van der Waals surface area contributed by atoms with Crippen LogP contribution in [0.3, 0.4) is 0 Å². The summed E-state index contributed by atoms with van der Waals surface area (Å²) >= 11 is 18.0. The number of rotatable bonds is 5. The predicted octanol–water partition coefficient (Wildman–Crippen LogP) is 3.30. The molecule has 1 amide bonds. The van der Waals surface area contributed by atoms with Gasteiger partial charge in [0.2, 0.25) is 0 Å². The van der Waals surface area contributed by atoms with Crippen molar-refractivity contribution in [2.45, 2.75) is 6.54 Å². The molecule has 3 nitrogen and oxygen atoms in total. The lowest BCUT2D eigenvalue weighted by Gasteiger charge is -2.15. The lowest BCUT2D eigenvalue weighted by Crippen LogP contribution is -3.08. The van der Waals surface area contributed by atoms with Gasteiger partial charge in [-0.25, -0.2) is 0 Å². The first-order valence-corrected chi connectivity index (χ1v) is 7.88. The molecule has 0 fully saturated rings. The summed E-state index contributed by atoms with van der Waals surface area (Å²) in [5.41, 5.74) is 1.53. The molecular weight excluding hydrogens is 343 g/mol. The van der Waals surface area contributed by atoms with E-state index in [-0.39, 0.29) is 5.91 Å². The number of carbonyl (C=O) groups excluding carboxylic acids is 1. The van der Waals surface area contributed by atoms with Crippen LogP contribution in [0.15, 0.2) is 42.5 Å². The van der Waals surface area contributed by atoms with Crippen LogP contribution in [0.4, 0.5) is 5.69 Å². The van der Waals surface area contributed by atoms with E-state index in [2.05, 4.69) is 5.32 Å².